The van der Waals surface area contributed by atoms with Crippen molar-refractivity contribution in [3.8, 4) is 0 Å². The zero-order valence-corrected chi connectivity index (χ0v) is 16.8. The molecule has 152 valence electrons. The summed E-state index contributed by atoms with van der Waals surface area (Å²) in [6.45, 7) is 9.93. The molecular weight excluding hydrogens is 360 g/mol. The monoisotopic (exact) mass is 388 g/mol. The van der Waals surface area contributed by atoms with E-state index in [1.54, 1.807) is 10.9 Å². The third-order valence-corrected chi connectivity index (χ3v) is 5.45. The van der Waals surface area contributed by atoms with E-state index in [9.17, 15) is 9.59 Å². The molecule has 4 heterocycles. The zero-order chi connectivity index (χ0) is 19.9. The van der Waals surface area contributed by atoms with Crippen molar-refractivity contribution >= 4 is 22.9 Å². The molecular formula is C19H28N6O3. The largest absolute Gasteiger partial charge is 0.378 e. The summed E-state index contributed by atoms with van der Waals surface area (Å²) in [5, 5.41) is 4.84. The molecule has 2 aliphatic rings. The molecule has 1 unspecified atom stereocenters. The number of nitrogens with zero attached hydrogens (tertiary/aromatic N) is 5. The molecule has 1 N–H and O–H groups in total. The lowest BCUT2D eigenvalue weighted by atomic mass is 9.96. The summed E-state index contributed by atoms with van der Waals surface area (Å²) in [5.74, 6) is 0.611. The van der Waals surface area contributed by atoms with E-state index in [0.717, 1.165) is 19.4 Å². The predicted octanol–water partition coefficient (Wildman–Crippen LogP) is 0.950. The summed E-state index contributed by atoms with van der Waals surface area (Å²) >= 11 is 0. The van der Waals surface area contributed by atoms with Gasteiger partial charge in [0.1, 0.15) is 5.39 Å². The maximum atomic E-state index is 12.9. The number of anilines is 1. The minimum Gasteiger partial charge on any atom is -0.378 e. The molecule has 9 nitrogen and oxygen atoms in total. The van der Waals surface area contributed by atoms with Crippen LogP contribution in [-0.2, 0) is 15.1 Å². The number of carbonyl (C=O) groups excluding carboxylic acids is 1. The van der Waals surface area contributed by atoms with Crippen molar-refractivity contribution in [2.24, 2.45) is 5.92 Å². The Labute approximate surface area is 163 Å². The Morgan fingerprint density at radius 2 is 2.00 bits per heavy atom. The summed E-state index contributed by atoms with van der Waals surface area (Å²) in [4.78, 5) is 37.0. The first-order chi connectivity index (χ1) is 13.3. The SMILES string of the molecule is CC(C)(C)n1ncc2c(=O)[nH]c(N3CCCC(C(=O)N4CCOCC4)C3)nc21. The number of amides is 1. The van der Waals surface area contributed by atoms with Crippen molar-refractivity contribution in [3.63, 3.8) is 0 Å². The van der Waals surface area contributed by atoms with Crippen LogP contribution in [0.5, 0.6) is 0 Å². The van der Waals surface area contributed by atoms with Crippen LogP contribution in [0, 0.1) is 5.92 Å². The number of hydrogen-bond acceptors (Lipinski definition) is 6. The van der Waals surface area contributed by atoms with Gasteiger partial charge in [-0.1, -0.05) is 0 Å². The first-order valence-corrected chi connectivity index (χ1v) is 9.94. The Balaban J connectivity index is 1.60. The van der Waals surface area contributed by atoms with Crippen molar-refractivity contribution in [2.45, 2.75) is 39.2 Å². The lowest BCUT2D eigenvalue weighted by Gasteiger charge is -2.36. The van der Waals surface area contributed by atoms with E-state index < -0.39 is 0 Å². The molecule has 2 saturated heterocycles. The molecule has 0 aliphatic carbocycles. The van der Waals surface area contributed by atoms with Gasteiger partial charge in [0.25, 0.3) is 5.56 Å². The first kappa shape index (κ1) is 18.9. The summed E-state index contributed by atoms with van der Waals surface area (Å²) in [7, 11) is 0. The average molecular weight is 388 g/mol. The quantitative estimate of drug-likeness (QED) is 0.823. The van der Waals surface area contributed by atoms with Gasteiger partial charge in [0.2, 0.25) is 11.9 Å². The Hall–Kier alpha value is -2.42. The van der Waals surface area contributed by atoms with E-state index in [1.165, 1.54) is 0 Å². The third kappa shape index (κ3) is 3.50. The number of carbonyl (C=O) groups is 1. The van der Waals surface area contributed by atoms with E-state index in [1.807, 2.05) is 30.6 Å². The highest BCUT2D eigenvalue weighted by molar-refractivity contribution is 5.80. The van der Waals surface area contributed by atoms with Gasteiger partial charge in [-0.2, -0.15) is 10.1 Å². The highest BCUT2D eigenvalue weighted by Gasteiger charge is 2.31. The van der Waals surface area contributed by atoms with Crippen molar-refractivity contribution in [2.75, 3.05) is 44.3 Å². The van der Waals surface area contributed by atoms with E-state index in [0.29, 0.717) is 49.8 Å². The van der Waals surface area contributed by atoms with Crippen LogP contribution >= 0.6 is 0 Å². The maximum Gasteiger partial charge on any atom is 0.263 e. The first-order valence-electron chi connectivity index (χ1n) is 9.94. The lowest BCUT2D eigenvalue weighted by Crippen LogP contribution is -2.48. The van der Waals surface area contributed by atoms with Gasteiger partial charge in [-0.3, -0.25) is 14.6 Å². The lowest BCUT2D eigenvalue weighted by molar-refractivity contribution is -0.139. The Morgan fingerprint density at radius 3 is 2.71 bits per heavy atom. The van der Waals surface area contributed by atoms with Crippen LogP contribution in [0.25, 0.3) is 11.0 Å². The summed E-state index contributed by atoms with van der Waals surface area (Å²) in [6, 6.07) is 0. The topological polar surface area (TPSA) is 96.4 Å². The maximum absolute atomic E-state index is 12.9. The van der Waals surface area contributed by atoms with Crippen molar-refractivity contribution < 1.29 is 9.53 Å². The molecule has 0 saturated carbocycles. The van der Waals surface area contributed by atoms with E-state index in [4.69, 9.17) is 9.72 Å². The third-order valence-electron chi connectivity index (χ3n) is 5.45. The van der Waals surface area contributed by atoms with Gasteiger partial charge in [0, 0.05) is 26.2 Å². The van der Waals surface area contributed by atoms with Crippen LogP contribution in [-0.4, -0.2) is 69.9 Å². The molecule has 28 heavy (non-hydrogen) atoms. The molecule has 1 atom stereocenters. The molecule has 2 aliphatic heterocycles. The van der Waals surface area contributed by atoms with E-state index in [2.05, 4.69) is 10.1 Å². The van der Waals surface area contributed by atoms with Gasteiger partial charge in [-0.15, -0.1) is 0 Å². The summed E-state index contributed by atoms with van der Waals surface area (Å²) in [5.41, 5.74) is 0.0984. The fourth-order valence-corrected chi connectivity index (χ4v) is 3.96. The minimum atomic E-state index is -0.281. The Morgan fingerprint density at radius 1 is 1.25 bits per heavy atom. The molecule has 1 amide bonds. The van der Waals surface area contributed by atoms with Gasteiger partial charge in [0.05, 0.1) is 30.9 Å². The van der Waals surface area contributed by atoms with E-state index in [-0.39, 0.29) is 22.9 Å². The van der Waals surface area contributed by atoms with Crippen LogP contribution in [0.2, 0.25) is 0 Å². The number of rotatable bonds is 2. The Kier molecular flexibility index (Phi) is 4.86. The summed E-state index contributed by atoms with van der Waals surface area (Å²) < 4.78 is 7.13. The highest BCUT2D eigenvalue weighted by Crippen LogP contribution is 2.24. The van der Waals surface area contributed by atoms with Gasteiger partial charge < -0.3 is 14.5 Å². The van der Waals surface area contributed by atoms with Crippen LogP contribution < -0.4 is 10.5 Å². The minimum absolute atomic E-state index is 0.0830. The number of piperidine rings is 1. The predicted molar refractivity (Wildman–Crippen MR) is 105 cm³/mol. The molecule has 2 aromatic heterocycles. The second kappa shape index (κ2) is 7.20. The molecule has 0 aromatic carbocycles. The van der Waals surface area contributed by atoms with E-state index >= 15 is 0 Å². The second-order valence-corrected chi connectivity index (χ2v) is 8.58. The standard InChI is InChI=1S/C19H28N6O3/c1-19(2,3)25-15-14(11-20-25)16(26)22-18(21-15)24-6-4-5-13(12-24)17(27)23-7-9-28-10-8-23/h11,13H,4-10,12H2,1-3H3,(H,21,22,26). The number of morpholine rings is 1. The molecule has 2 fully saturated rings. The zero-order valence-electron chi connectivity index (χ0n) is 16.8. The average Bonchev–Trinajstić information content (AvgIpc) is 3.13. The number of H-pyrrole nitrogens is 1. The molecule has 0 bridgehead atoms. The van der Waals surface area contributed by atoms with Crippen LogP contribution in [0.3, 0.4) is 0 Å². The summed E-state index contributed by atoms with van der Waals surface area (Å²) in [6.07, 6.45) is 3.32. The molecule has 4 rings (SSSR count). The Bertz CT molecular complexity index is 922. The fraction of sp³-hybridized carbons (Fsp3) is 0.684. The second-order valence-electron chi connectivity index (χ2n) is 8.58. The highest BCUT2D eigenvalue weighted by atomic mass is 16.5. The molecule has 2 aromatic rings. The van der Waals surface area contributed by atoms with Crippen LogP contribution in [0.15, 0.2) is 11.0 Å². The number of aromatic amines is 1. The van der Waals surface area contributed by atoms with Crippen molar-refractivity contribution in [1.29, 1.82) is 0 Å². The molecule has 0 spiro atoms. The number of fused-ring (bicyclic) bond motifs is 1. The van der Waals surface area contributed by atoms with Gasteiger partial charge >= 0.3 is 0 Å². The molecule has 0 radical (unpaired) electrons. The van der Waals surface area contributed by atoms with Crippen molar-refractivity contribution in [1.82, 2.24) is 24.6 Å². The molecule has 9 heteroatoms. The van der Waals surface area contributed by atoms with Crippen molar-refractivity contribution in [3.05, 3.63) is 16.6 Å². The van der Waals surface area contributed by atoms with Crippen LogP contribution in [0.4, 0.5) is 5.95 Å². The smallest absolute Gasteiger partial charge is 0.263 e. The van der Waals surface area contributed by atoms with Crippen LogP contribution in [0.1, 0.15) is 33.6 Å². The normalized spacial score (nSPS) is 21.3. The number of nitrogens with one attached hydrogen (secondary N) is 1. The van der Waals surface area contributed by atoms with Gasteiger partial charge in [-0.25, -0.2) is 4.68 Å². The van der Waals surface area contributed by atoms with Gasteiger partial charge in [-0.05, 0) is 33.6 Å². The van der Waals surface area contributed by atoms with Gasteiger partial charge in [0.15, 0.2) is 5.65 Å². The number of ether oxygens (including phenoxy) is 1. The fourth-order valence-electron chi connectivity index (χ4n) is 3.96. The number of hydrogen-bond donors (Lipinski definition) is 1. The number of aromatic nitrogens is 4.